The minimum absolute atomic E-state index is 0.186. The van der Waals surface area contributed by atoms with E-state index in [0.29, 0.717) is 32.5 Å². The molecule has 0 radical (unpaired) electrons. The maximum Gasteiger partial charge on any atom is 0.317 e. The number of urea groups is 1. The van der Waals surface area contributed by atoms with Crippen molar-refractivity contribution in [3.8, 4) is 11.8 Å². The van der Waals surface area contributed by atoms with Crippen molar-refractivity contribution in [2.75, 3.05) is 19.6 Å². The second-order valence-corrected chi connectivity index (χ2v) is 4.03. The maximum absolute atomic E-state index is 11.7. The van der Waals surface area contributed by atoms with E-state index in [1.165, 1.54) is 0 Å². The SMILES string of the molecule is CC#CCCNC(=O)N1CCCC(C(=O)O)C1. The molecule has 5 heteroatoms. The molecular weight excluding hydrogens is 220 g/mol. The monoisotopic (exact) mass is 238 g/mol. The van der Waals surface area contributed by atoms with Crippen LogP contribution < -0.4 is 5.32 Å². The van der Waals surface area contributed by atoms with Crippen LogP contribution in [0.4, 0.5) is 4.79 Å². The second-order valence-electron chi connectivity index (χ2n) is 4.03. The zero-order valence-corrected chi connectivity index (χ0v) is 10.0. The topological polar surface area (TPSA) is 69.6 Å². The van der Waals surface area contributed by atoms with E-state index in [-0.39, 0.29) is 6.03 Å². The molecule has 1 unspecified atom stereocenters. The van der Waals surface area contributed by atoms with E-state index in [0.717, 1.165) is 6.42 Å². The van der Waals surface area contributed by atoms with Gasteiger partial charge in [-0.25, -0.2) is 4.79 Å². The lowest BCUT2D eigenvalue weighted by molar-refractivity contribution is -0.143. The Kier molecular flexibility index (Phi) is 5.34. The van der Waals surface area contributed by atoms with Crippen LogP contribution in [-0.4, -0.2) is 41.6 Å². The fourth-order valence-electron chi connectivity index (χ4n) is 1.83. The van der Waals surface area contributed by atoms with Crippen LogP contribution in [0.25, 0.3) is 0 Å². The number of nitrogens with one attached hydrogen (secondary N) is 1. The highest BCUT2D eigenvalue weighted by atomic mass is 16.4. The van der Waals surface area contributed by atoms with Crippen LogP contribution in [0.3, 0.4) is 0 Å². The molecule has 0 aromatic rings. The maximum atomic E-state index is 11.7. The van der Waals surface area contributed by atoms with Crippen molar-refractivity contribution in [2.45, 2.75) is 26.2 Å². The Morgan fingerprint density at radius 3 is 2.94 bits per heavy atom. The highest BCUT2D eigenvalue weighted by molar-refractivity contribution is 5.76. The summed E-state index contributed by atoms with van der Waals surface area (Å²) in [6, 6.07) is -0.186. The molecule has 0 saturated carbocycles. The average Bonchev–Trinajstić information content (AvgIpc) is 2.34. The molecule has 0 bridgehead atoms. The quantitative estimate of drug-likeness (QED) is 0.567. The number of carbonyl (C=O) groups excluding carboxylic acids is 1. The third-order valence-corrected chi connectivity index (χ3v) is 2.76. The molecule has 1 aliphatic rings. The van der Waals surface area contributed by atoms with Crippen molar-refractivity contribution in [2.24, 2.45) is 5.92 Å². The summed E-state index contributed by atoms with van der Waals surface area (Å²) >= 11 is 0. The number of piperidine rings is 1. The van der Waals surface area contributed by atoms with Crippen molar-refractivity contribution >= 4 is 12.0 Å². The van der Waals surface area contributed by atoms with E-state index < -0.39 is 11.9 Å². The third-order valence-electron chi connectivity index (χ3n) is 2.76. The van der Waals surface area contributed by atoms with Gasteiger partial charge in [0.25, 0.3) is 0 Å². The molecular formula is C12H18N2O3. The molecule has 0 spiro atoms. The summed E-state index contributed by atoms with van der Waals surface area (Å²) in [5.74, 6) is 4.36. The lowest BCUT2D eigenvalue weighted by atomic mass is 9.99. The van der Waals surface area contributed by atoms with Crippen molar-refractivity contribution in [3.63, 3.8) is 0 Å². The van der Waals surface area contributed by atoms with E-state index in [9.17, 15) is 9.59 Å². The molecule has 1 saturated heterocycles. The Morgan fingerprint density at radius 2 is 2.29 bits per heavy atom. The van der Waals surface area contributed by atoms with Gasteiger partial charge in [0.1, 0.15) is 0 Å². The summed E-state index contributed by atoms with van der Waals surface area (Å²) in [5, 5.41) is 11.6. The summed E-state index contributed by atoms with van der Waals surface area (Å²) < 4.78 is 0. The number of aliphatic carboxylic acids is 1. The van der Waals surface area contributed by atoms with Gasteiger partial charge in [-0.15, -0.1) is 11.8 Å². The lowest BCUT2D eigenvalue weighted by Crippen LogP contribution is -2.47. The summed E-state index contributed by atoms with van der Waals surface area (Å²) in [6.07, 6.45) is 2.03. The minimum atomic E-state index is -0.820. The normalized spacial score (nSPS) is 19.1. The van der Waals surface area contributed by atoms with E-state index >= 15 is 0 Å². The van der Waals surface area contributed by atoms with Gasteiger partial charge in [0, 0.05) is 26.1 Å². The van der Waals surface area contributed by atoms with Crippen LogP contribution in [0, 0.1) is 17.8 Å². The van der Waals surface area contributed by atoms with Crippen molar-refractivity contribution in [1.29, 1.82) is 0 Å². The third kappa shape index (κ3) is 4.35. The molecule has 5 nitrogen and oxygen atoms in total. The molecule has 1 rings (SSSR count). The van der Waals surface area contributed by atoms with Crippen LogP contribution in [0.2, 0.25) is 0 Å². The molecule has 2 amide bonds. The number of rotatable bonds is 3. The van der Waals surface area contributed by atoms with Gasteiger partial charge in [0.15, 0.2) is 0 Å². The number of hydrogen-bond acceptors (Lipinski definition) is 2. The number of nitrogens with zero attached hydrogens (tertiary/aromatic N) is 1. The standard InChI is InChI=1S/C12H18N2O3/c1-2-3-4-7-13-12(17)14-8-5-6-10(9-14)11(15)16/h10H,4-9H2,1H3,(H,13,17)(H,15,16). The highest BCUT2D eigenvalue weighted by Gasteiger charge is 2.27. The fraction of sp³-hybridized carbons (Fsp3) is 0.667. The summed E-state index contributed by atoms with van der Waals surface area (Å²) in [4.78, 5) is 24.1. The predicted molar refractivity (Wildman–Crippen MR) is 63.4 cm³/mol. The second kappa shape index (κ2) is 6.79. The number of carbonyl (C=O) groups is 2. The molecule has 0 aromatic carbocycles. The van der Waals surface area contributed by atoms with Crippen molar-refractivity contribution < 1.29 is 14.7 Å². The highest BCUT2D eigenvalue weighted by Crippen LogP contribution is 2.16. The van der Waals surface area contributed by atoms with Gasteiger partial charge in [0.05, 0.1) is 5.92 Å². The Bertz CT molecular complexity index is 343. The molecule has 94 valence electrons. The zero-order valence-electron chi connectivity index (χ0n) is 10.0. The van der Waals surface area contributed by atoms with Crippen LogP contribution in [0.15, 0.2) is 0 Å². The van der Waals surface area contributed by atoms with E-state index in [4.69, 9.17) is 5.11 Å². The van der Waals surface area contributed by atoms with Gasteiger partial charge in [-0.2, -0.15) is 0 Å². The first-order valence-corrected chi connectivity index (χ1v) is 5.80. The van der Waals surface area contributed by atoms with Gasteiger partial charge in [-0.1, -0.05) is 0 Å². The number of likely N-dealkylation sites (tertiary alicyclic amines) is 1. The Morgan fingerprint density at radius 1 is 1.53 bits per heavy atom. The molecule has 1 heterocycles. The molecule has 0 aliphatic carbocycles. The van der Waals surface area contributed by atoms with Gasteiger partial charge in [0.2, 0.25) is 0 Å². The average molecular weight is 238 g/mol. The fourth-order valence-corrected chi connectivity index (χ4v) is 1.83. The van der Waals surface area contributed by atoms with E-state index in [1.54, 1.807) is 11.8 Å². The van der Waals surface area contributed by atoms with Crippen LogP contribution in [0.5, 0.6) is 0 Å². The number of hydrogen-bond donors (Lipinski definition) is 2. The van der Waals surface area contributed by atoms with Crippen LogP contribution in [0.1, 0.15) is 26.2 Å². The predicted octanol–water partition coefficient (Wildman–Crippen LogP) is 0.906. The molecule has 2 N–H and O–H groups in total. The first kappa shape index (κ1) is 13.4. The first-order chi connectivity index (χ1) is 8.15. The van der Waals surface area contributed by atoms with Crippen molar-refractivity contribution in [3.05, 3.63) is 0 Å². The Labute approximate surface area is 101 Å². The van der Waals surface area contributed by atoms with E-state index in [1.807, 2.05) is 0 Å². The molecule has 1 atom stereocenters. The van der Waals surface area contributed by atoms with Crippen molar-refractivity contribution in [1.82, 2.24) is 10.2 Å². The van der Waals surface area contributed by atoms with Gasteiger partial charge in [-0.05, 0) is 19.8 Å². The molecule has 1 fully saturated rings. The van der Waals surface area contributed by atoms with E-state index in [2.05, 4.69) is 17.2 Å². The molecule has 1 aliphatic heterocycles. The van der Waals surface area contributed by atoms with Gasteiger partial charge >= 0.3 is 12.0 Å². The summed E-state index contributed by atoms with van der Waals surface area (Å²) in [5.41, 5.74) is 0. The lowest BCUT2D eigenvalue weighted by Gasteiger charge is -2.30. The van der Waals surface area contributed by atoms with Gasteiger partial charge in [-0.3, -0.25) is 4.79 Å². The number of carboxylic acid groups (broad SMARTS) is 1. The first-order valence-electron chi connectivity index (χ1n) is 5.80. The smallest absolute Gasteiger partial charge is 0.317 e. The summed E-state index contributed by atoms with van der Waals surface area (Å²) in [6.45, 7) is 3.20. The Balaban J connectivity index is 2.35. The zero-order chi connectivity index (χ0) is 12.7. The molecule has 0 aromatic heterocycles. The number of carboxylic acids is 1. The summed E-state index contributed by atoms with van der Waals surface area (Å²) in [7, 11) is 0. The Hall–Kier alpha value is -1.70. The largest absolute Gasteiger partial charge is 0.481 e. The van der Waals surface area contributed by atoms with Crippen LogP contribution >= 0.6 is 0 Å². The minimum Gasteiger partial charge on any atom is -0.481 e. The molecule has 17 heavy (non-hydrogen) atoms. The number of amides is 2. The van der Waals surface area contributed by atoms with Gasteiger partial charge < -0.3 is 15.3 Å². The van der Waals surface area contributed by atoms with Crippen LogP contribution in [-0.2, 0) is 4.79 Å².